The second-order valence-electron chi connectivity index (χ2n) is 4.29. The second-order valence-corrected chi connectivity index (χ2v) is 4.29. The van der Waals surface area contributed by atoms with E-state index in [0.717, 1.165) is 19.1 Å². The molecular weight excluding hydrogens is 150 g/mol. The number of rotatable bonds is 2. The van der Waals surface area contributed by atoms with Gasteiger partial charge in [-0.2, -0.15) is 0 Å². The summed E-state index contributed by atoms with van der Waals surface area (Å²) in [7, 11) is 0. The summed E-state index contributed by atoms with van der Waals surface area (Å²) in [5.41, 5.74) is 0. The van der Waals surface area contributed by atoms with Crippen molar-refractivity contribution in [1.29, 1.82) is 0 Å². The highest BCUT2D eigenvalue weighted by molar-refractivity contribution is 4.86. The van der Waals surface area contributed by atoms with Crippen molar-refractivity contribution in [3.63, 3.8) is 0 Å². The Hall–Kier alpha value is -0.0800. The van der Waals surface area contributed by atoms with Crippen LogP contribution in [0.1, 0.15) is 32.1 Å². The molecule has 70 valence electrons. The van der Waals surface area contributed by atoms with Gasteiger partial charge in [0.1, 0.15) is 0 Å². The summed E-state index contributed by atoms with van der Waals surface area (Å²) in [6.45, 7) is 2.70. The number of nitrogens with zero attached hydrogens (tertiary/aromatic N) is 1. The van der Waals surface area contributed by atoms with Crippen LogP contribution in [0.2, 0.25) is 0 Å². The Kier molecular flexibility index (Phi) is 2.66. The molecule has 0 spiro atoms. The maximum absolute atomic E-state index is 8.88. The third-order valence-corrected chi connectivity index (χ3v) is 3.33. The molecule has 2 rings (SSSR count). The molecule has 0 radical (unpaired) electrons. The summed E-state index contributed by atoms with van der Waals surface area (Å²) < 4.78 is 0. The smallest absolute Gasteiger partial charge is 0.0483 e. The lowest BCUT2D eigenvalue weighted by atomic mass is 9.89. The Morgan fingerprint density at radius 3 is 2.33 bits per heavy atom. The van der Waals surface area contributed by atoms with Crippen LogP contribution in [-0.4, -0.2) is 35.7 Å². The minimum atomic E-state index is 0.392. The van der Waals surface area contributed by atoms with Gasteiger partial charge < -0.3 is 5.11 Å². The summed E-state index contributed by atoms with van der Waals surface area (Å²) in [6.07, 6.45) is 7.08. The molecule has 2 heteroatoms. The fourth-order valence-corrected chi connectivity index (χ4v) is 2.47. The number of hydrogen-bond donors (Lipinski definition) is 1. The van der Waals surface area contributed by atoms with E-state index in [9.17, 15) is 0 Å². The maximum atomic E-state index is 8.88. The van der Waals surface area contributed by atoms with Crippen molar-refractivity contribution in [2.45, 2.75) is 38.1 Å². The normalized spacial score (nSPS) is 28.8. The van der Waals surface area contributed by atoms with Gasteiger partial charge in [-0.25, -0.2) is 0 Å². The lowest BCUT2D eigenvalue weighted by molar-refractivity contribution is 0.00731. The molecule has 2 nitrogen and oxygen atoms in total. The van der Waals surface area contributed by atoms with Crippen molar-refractivity contribution in [3.05, 3.63) is 0 Å². The van der Waals surface area contributed by atoms with Crippen LogP contribution < -0.4 is 0 Å². The third kappa shape index (κ3) is 1.64. The fourth-order valence-electron chi connectivity index (χ4n) is 2.47. The van der Waals surface area contributed by atoms with Crippen molar-refractivity contribution in [1.82, 2.24) is 4.90 Å². The predicted octanol–water partition coefficient (Wildman–Crippen LogP) is 1.24. The molecule has 0 aromatic carbocycles. The zero-order chi connectivity index (χ0) is 8.39. The molecule has 1 aliphatic heterocycles. The van der Waals surface area contributed by atoms with Crippen molar-refractivity contribution in [2.24, 2.45) is 5.92 Å². The lowest BCUT2D eigenvalue weighted by Crippen LogP contribution is -2.53. The van der Waals surface area contributed by atoms with E-state index in [1.54, 1.807) is 0 Å². The molecule has 1 aliphatic carbocycles. The molecule has 0 bridgehead atoms. The summed E-state index contributed by atoms with van der Waals surface area (Å²) in [6, 6.07) is 0.863. The Morgan fingerprint density at radius 2 is 1.75 bits per heavy atom. The van der Waals surface area contributed by atoms with E-state index >= 15 is 0 Å². The molecule has 0 aromatic heterocycles. The van der Waals surface area contributed by atoms with Gasteiger partial charge in [-0.15, -0.1) is 0 Å². The standard InChI is InChI=1S/C10H19NO/c12-8-9-6-11(7-9)10-4-2-1-3-5-10/h9-10,12H,1-8H2. The minimum absolute atomic E-state index is 0.392. The molecule has 0 unspecified atom stereocenters. The van der Waals surface area contributed by atoms with Gasteiger partial charge >= 0.3 is 0 Å². The fraction of sp³-hybridized carbons (Fsp3) is 1.00. The number of likely N-dealkylation sites (tertiary alicyclic amines) is 1. The first kappa shape index (κ1) is 8.52. The molecule has 0 aromatic rings. The third-order valence-electron chi connectivity index (χ3n) is 3.33. The molecule has 0 atom stereocenters. The van der Waals surface area contributed by atoms with Crippen LogP contribution in [0.4, 0.5) is 0 Å². The quantitative estimate of drug-likeness (QED) is 0.672. The Morgan fingerprint density at radius 1 is 1.08 bits per heavy atom. The van der Waals surface area contributed by atoms with E-state index < -0.39 is 0 Å². The summed E-state index contributed by atoms with van der Waals surface area (Å²) >= 11 is 0. The molecular formula is C10H19NO. The molecule has 1 N–H and O–H groups in total. The van der Waals surface area contributed by atoms with Crippen LogP contribution in [0.5, 0.6) is 0 Å². The van der Waals surface area contributed by atoms with Crippen molar-refractivity contribution >= 4 is 0 Å². The maximum Gasteiger partial charge on any atom is 0.0483 e. The van der Waals surface area contributed by atoms with Gasteiger partial charge in [-0.1, -0.05) is 19.3 Å². The SMILES string of the molecule is OCC1CN(C2CCCCC2)C1. The largest absolute Gasteiger partial charge is 0.396 e. The van der Waals surface area contributed by atoms with Crippen molar-refractivity contribution in [2.75, 3.05) is 19.7 Å². The molecule has 2 aliphatic rings. The van der Waals surface area contributed by atoms with E-state index in [1.165, 1.54) is 32.1 Å². The number of aliphatic hydroxyl groups is 1. The van der Waals surface area contributed by atoms with E-state index in [-0.39, 0.29) is 0 Å². The Labute approximate surface area is 74.6 Å². The van der Waals surface area contributed by atoms with Crippen molar-refractivity contribution < 1.29 is 5.11 Å². The molecule has 12 heavy (non-hydrogen) atoms. The monoisotopic (exact) mass is 169 g/mol. The average molecular weight is 169 g/mol. The van der Waals surface area contributed by atoms with Crippen LogP contribution in [-0.2, 0) is 0 Å². The first-order valence-corrected chi connectivity index (χ1v) is 5.25. The summed E-state index contributed by atoms with van der Waals surface area (Å²) in [4.78, 5) is 2.56. The van der Waals surface area contributed by atoms with Gasteiger partial charge in [-0.3, -0.25) is 4.90 Å². The van der Waals surface area contributed by atoms with Gasteiger partial charge in [0.05, 0.1) is 0 Å². The Bertz CT molecular complexity index is 137. The number of hydrogen-bond acceptors (Lipinski definition) is 2. The predicted molar refractivity (Wildman–Crippen MR) is 49.0 cm³/mol. The highest BCUT2D eigenvalue weighted by Gasteiger charge is 2.31. The molecule has 1 heterocycles. The molecule has 0 amide bonds. The molecule has 1 saturated carbocycles. The zero-order valence-electron chi connectivity index (χ0n) is 7.71. The van der Waals surface area contributed by atoms with Crippen LogP contribution in [0.25, 0.3) is 0 Å². The van der Waals surface area contributed by atoms with Crippen LogP contribution >= 0.6 is 0 Å². The lowest BCUT2D eigenvalue weighted by Gasteiger charge is -2.45. The highest BCUT2D eigenvalue weighted by Crippen LogP contribution is 2.27. The van der Waals surface area contributed by atoms with E-state index in [0.29, 0.717) is 12.5 Å². The first-order valence-electron chi connectivity index (χ1n) is 5.25. The molecule has 1 saturated heterocycles. The van der Waals surface area contributed by atoms with Gasteiger partial charge in [0.25, 0.3) is 0 Å². The zero-order valence-corrected chi connectivity index (χ0v) is 7.71. The topological polar surface area (TPSA) is 23.5 Å². The van der Waals surface area contributed by atoms with Gasteiger partial charge in [0, 0.05) is 31.7 Å². The minimum Gasteiger partial charge on any atom is -0.396 e. The van der Waals surface area contributed by atoms with E-state index in [1.807, 2.05) is 0 Å². The van der Waals surface area contributed by atoms with Crippen LogP contribution in [0, 0.1) is 5.92 Å². The van der Waals surface area contributed by atoms with Gasteiger partial charge in [0.2, 0.25) is 0 Å². The summed E-state index contributed by atoms with van der Waals surface area (Å²) in [5, 5.41) is 8.88. The van der Waals surface area contributed by atoms with Crippen LogP contribution in [0.3, 0.4) is 0 Å². The number of aliphatic hydroxyl groups excluding tert-OH is 1. The summed E-state index contributed by atoms with van der Waals surface area (Å²) in [5.74, 6) is 0.590. The van der Waals surface area contributed by atoms with Crippen LogP contribution in [0.15, 0.2) is 0 Å². The Balaban J connectivity index is 1.72. The average Bonchev–Trinajstić information content (AvgIpc) is 2.04. The highest BCUT2D eigenvalue weighted by atomic mass is 16.3. The van der Waals surface area contributed by atoms with Gasteiger partial charge in [-0.05, 0) is 12.8 Å². The first-order chi connectivity index (χ1) is 5.90. The second kappa shape index (κ2) is 3.75. The van der Waals surface area contributed by atoms with E-state index in [2.05, 4.69) is 4.90 Å². The molecule has 2 fully saturated rings. The van der Waals surface area contributed by atoms with Gasteiger partial charge in [0.15, 0.2) is 0 Å². The van der Waals surface area contributed by atoms with E-state index in [4.69, 9.17) is 5.11 Å². The van der Waals surface area contributed by atoms with Crippen molar-refractivity contribution in [3.8, 4) is 0 Å².